The lowest BCUT2D eigenvalue weighted by Crippen LogP contribution is -2.39. The largest absolute Gasteiger partial charge is 0.375 e. The fraction of sp³-hybridized carbons (Fsp3) is 0.632. The summed E-state index contributed by atoms with van der Waals surface area (Å²) < 4.78 is 31.6. The average molecular weight is 396 g/mol. The number of nitrogens with zero attached hydrogens (tertiary/aromatic N) is 2. The molecule has 1 amide bonds. The van der Waals surface area contributed by atoms with Gasteiger partial charge in [-0.1, -0.05) is 0 Å². The number of amides is 1. The predicted molar refractivity (Wildman–Crippen MR) is 104 cm³/mol. The molecule has 2 saturated heterocycles. The number of ether oxygens (including phenoxy) is 1. The molecule has 7 nitrogen and oxygen atoms in total. The minimum Gasteiger partial charge on any atom is -0.375 e. The van der Waals surface area contributed by atoms with Crippen molar-refractivity contribution in [2.75, 3.05) is 51.3 Å². The van der Waals surface area contributed by atoms with Gasteiger partial charge in [-0.25, -0.2) is 8.42 Å². The van der Waals surface area contributed by atoms with Crippen molar-refractivity contribution < 1.29 is 17.9 Å². The molecule has 150 valence electrons. The number of hydrogen-bond acceptors (Lipinski definition) is 5. The lowest BCUT2D eigenvalue weighted by molar-refractivity contribution is -0.124. The fourth-order valence-electron chi connectivity index (χ4n) is 3.74. The molecular formula is C19H29N3O4S. The highest BCUT2D eigenvalue weighted by atomic mass is 32.2. The highest BCUT2D eigenvalue weighted by Gasteiger charge is 2.27. The zero-order valence-corrected chi connectivity index (χ0v) is 16.7. The topological polar surface area (TPSA) is 79.0 Å². The van der Waals surface area contributed by atoms with Gasteiger partial charge in [0.2, 0.25) is 15.9 Å². The summed E-state index contributed by atoms with van der Waals surface area (Å²) in [6.07, 6.45) is 3.89. The maximum absolute atomic E-state index is 12.6. The number of anilines is 1. The Labute approximate surface area is 161 Å². The van der Waals surface area contributed by atoms with Crippen LogP contribution in [-0.2, 0) is 19.6 Å². The second-order valence-electron chi connectivity index (χ2n) is 7.27. The quantitative estimate of drug-likeness (QED) is 0.756. The number of rotatable bonds is 7. The second-order valence-corrected chi connectivity index (χ2v) is 9.21. The van der Waals surface area contributed by atoms with Crippen molar-refractivity contribution >= 4 is 21.6 Å². The molecule has 2 aliphatic heterocycles. The van der Waals surface area contributed by atoms with Crippen LogP contribution in [0.3, 0.4) is 0 Å². The van der Waals surface area contributed by atoms with E-state index < -0.39 is 10.0 Å². The number of nitrogens with one attached hydrogen (secondary N) is 1. The maximum atomic E-state index is 12.6. The molecule has 2 heterocycles. The number of methoxy groups -OCH3 is 1. The average Bonchev–Trinajstić information content (AvgIpc) is 3.23. The molecule has 2 fully saturated rings. The van der Waals surface area contributed by atoms with E-state index >= 15 is 0 Å². The van der Waals surface area contributed by atoms with Gasteiger partial charge in [-0.3, -0.25) is 4.79 Å². The van der Waals surface area contributed by atoms with Crippen LogP contribution in [0.1, 0.15) is 25.7 Å². The highest BCUT2D eigenvalue weighted by molar-refractivity contribution is 7.89. The molecule has 0 spiro atoms. The summed E-state index contributed by atoms with van der Waals surface area (Å²) in [5.41, 5.74) is 1.05. The standard InChI is InChI=1S/C19H29N3O4S/c1-26-15-19(23)20-14-16-8-12-21(13-9-16)17-4-6-18(7-5-17)27(24,25)22-10-2-3-11-22/h4-7,16H,2-3,8-15H2,1H3,(H,20,23). The van der Waals surface area contributed by atoms with Crippen LogP contribution in [0.5, 0.6) is 0 Å². The molecule has 1 aromatic rings. The van der Waals surface area contributed by atoms with Crippen LogP contribution in [0, 0.1) is 5.92 Å². The molecule has 0 unspecified atom stereocenters. The summed E-state index contributed by atoms with van der Waals surface area (Å²) in [6.45, 7) is 3.84. The second kappa shape index (κ2) is 9.03. The van der Waals surface area contributed by atoms with Crippen molar-refractivity contribution in [1.82, 2.24) is 9.62 Å². The molecule has 0 aliphatic carbocycles. The van der Waals surface area contributed by atoms with Crippen molar-refractivity contribution in [3.8, 4) is 0 Å². The first-order valence-electron chi connectivity index (χ1n) is 9.61. The van der Waals surface area contributed by atoms with Gasteiger partial charge in [0.1, 0.15) is 6.61 Å². The SMILES string of the molecule is COCC(=O)NCC1CCN(c2ccc(S(=O)(=O)N3CCCC3)cc2)CC1. The third-order valence-electron chi connectivity index (χ3n) is 5.38. The summed E-state index contributed by atoms with van der Waals surface area (Å²) in [7, 11) is -1.84. The predicted octanol–water partition coefficient (Wildman–Crippen LogP) is 1.45. The number of benzene rings is 1. The van der Waals surface area contributed by atoms with Gasteiger partial charge < -0.3 is 15.0 Å². The third-order valence-corrected chi connectivity index (χ3v) is 7.30. The number of sulfonamides is 1. The lowest BCUT2D eigenvalue weighted by atomic mass is 9.96. The monoisotopic (exact) mass is 395 g/mol. The van der Waals surface area contributed by atoms with E-state index in [0.717, 1.165) is 44.5 Å². The molecule has 8 heteroatoms. The van der Waals surface area contributed by atoms with Gasteiger partial charge in [-0.15, -0.1) is 0 Å². The van der Waals surface area contributed by atoms with Crippen molar-refractivity contribution in [3.63, 3.8) is 0 Å². The molecule has 1 N–H and O–H groups in total. The molecule has 0 atom stereocenters. The smallest absolute Gasteiger partial charge is 0.245 e. The van der Waals surface area contributed by atoms with Crippen LogP contribution in [0.2, 0.25) is 0 Å². The van der Waals surface area contributed by atoms with E-state index in [2.05, 4.69) is 10.2 Å². The summed E-state index contributed by atoms with van der Waals surface area (Å²) in [5.74, 6) is 0.395. The fourth-order valence-corrected chi connectivity index (χ4v) is 5.26. The molecule has 0 bridgehead atoms. The highest BCUT2D eigenvalue weighted by Crippen LogP contribution is 2.26. The maximum Gasteiger partial charge on any atom is 0.245 e. The Hall–Kier alpha value is -1.64. The van der Waals surface area contributed by atoms with Crippen LogP contribution in [0.4, 0.5) is 5.69 Å². The van der Waals surface area contributed by atoms with E-state index in [9.17, 15) is 13.2 Å². The molecular weight excluding hydrogens is 366 g/mol. The Morgan fingerprint density at radius 1 is 1.11 bits per heavy atom. The molecule has 3 rings (SSSR count). The van der Waals surface area contributed by atoms with Crippen molar-refractivity contribution in [2.24, 2.45) is 5.92 Å². The third kappa shape index (κ3) is 5.00. The van der Waals surface area contributed by atoms with Gasteiger partial charge in [-0.05, 0) is 55.9 Å². The molecule has 1 aromatic carbocycles. The van der Waals surface area contributed by atoms with Gasteiger partial charge in [0, 0.05) is 45.5 Å². The first-order valence-corrected chi connectivity index (χ1v) is 11.1. The van der Waals surface area contributed by atoms with E-state index in [0.29, 0.717) is 30.4 Å². The number of carbonyl (C=O) groups is 1. The normalized spacial score (nSPS) is 19.4. The Morgan fingerprint density at radius 3 is 2.33 bits per heavy atom. The molecule has 27 heavy (non-hydrogen) atoms. The first-order chi connectivity index (χ1) is 13.0. The number of hydrogen-bond donors (Lipinski definition) is 1. The van der Waals surface area contributed by atoms with Gasteiger partial charge in [0.15, 0.2) is 0 Å². The van der Waals surface area contributed by atoms with Crippen LogP contribution in [0.25, 0.3) is 0 Å². The molecule has 0 aromatic heterocycles. The minimum atomic E-state index is -3.35. The zero-order chi connectivity index (χ0) is 19.3. The van der Waals surface area contributed by atoms with Crippen LogP contribution in [-0.4, -0.2) is 65.1 Å². The Balaban J connectivity index is 1.52. The van der Waals surface area contributed by atoms with Crippen molar-refractivity contribution in [3.05, 3.63) is 24.3 Å². The molecule has 0 saturated carbocycles. The Bertz CT molecular complexity index is 722. The van der Waals surface area contributed by atoms with E-state index in [1.165, 1.54) is 7.11 Å². The van der Waals surface area contributed by atoms with E-state index in [4.69, 9.17) is 4.74 Å². The van der Waals surface area contributed by atoms with Gasteiger partial charge in [0.25, 0.3) is 0 Å². The summed E-state index contributed by atoms with van der Waals surface area (Å²) in [4.78, 5) is 14.1. The number of piperidine rings is 1. The van der Waals surface area contributed by atoms with Gasteiger partial charge in [0.05, 0.1) is 4.90 Å². The van der Waals surface area contributed by atoms with Crippen molar-refractivity contribution in [1.29, 1.82) is 0 Å². The summed E-state index contributed by atoms with van der Waals surface area (Å²) in [5, 5.41) is 2.90. The van der Waals surface area contributed by atoms with Crippen LogP contribution in [0.15, 0.2) is 29.2 Å². The van der Waals surface area contributed by atoms with Gasteiger partial charge in [-0.2, -0.15) is 4.31 Å². The van der Waals surface area contributed by atoms with E-state index in [-0.39, 0.29) is 12.5 Å². The lowest BCUT2D eigenvalue weighted by Gasteiger charge is -2.33. The van der Waals surface area contributed by atoms with Crippen molar-refractivity contribution in [2.45, 2.75) is 30.6 Å². The van der Waals surface area contributed by atoms with Crippen LogP contribution >= 0.6 is 0 Å². The van der Waals surface area contributed by atoms with Crippen LogP contribution < -0.4 is 10.2 Å². The van der Waals surface area contributed by atoms with E-state index in [1.807, 2.05) is 12.1 Å². The first kappa shape index (κ1) is 20.1. The van der Waals surface area contributed by atoms with E-state index in [1.54, 1.807) is 16.4 Å². The zero-order valence-electron chi connectivity index (χ0n) is 15.9. The number of carbonyl (C=O) groups excluding carboxylic acids is 1. The van der Waals surface area contributed by atoms with Gasteiger partial charge >= 0.3 is 0 Å². The molecule has 2 aliphatic rings. The molecule has 0 radical (unpaired) electrons. The Morgan fingerprint density at radius 2 is 1.74 bits per heavy atom. The Kier molecular flexibility index (Phi) is 6.73. The summed E-state index contributed by atoms with van der Waals surface area (Å²) in [6, 6.07) is 7.26. The summed E-state index contributed by atoms with van der Waals surface area (Å²) >= 11 is 0. The minimum absolute atomic E-state index is 0.0743.